The molecule has 1 saturated heterocycles. The molecular formula is C21H29N5O2. The number of rotatable bonds is 8. The number of amides is 1. The summed E-state index contributed by atoms with van der Waals surface area (Å²) >= 11 is 0. The lowest BCUT2D eigenvalue weighted by molar-refractivity contribution is -0.128. The number of nitrogens with zero attached hydrogens (tertiary/aromatic N) is 5. The van der Waals surface area contributed by atoms with Gasteiger partial charge in [0.1, 0.15) is 11.9 Å². The van der Waals surface area contributed by atoms with Gasteiger partial charge in [0, 0.05) is 37.6 Å². The van der Waals surface area contributed by atoms with Crippen LogP contribution in [-0.4, -0.2) is 66.0 Å². The van der Waals surface area contributed by atoms with Gasteiger partial charge >= 0.3 is 0 Å². The predicted molar refractivity (Wildman–Crippen MR) is 109 cm³/mol. The summed E-state index contributed by atoms with van der Waals surface area (Å²) in [6, 6.07) is 7.98. The maximum atomic E-state index is 12.6. The topological polar surface area (TPSA) is 61.8 Å². The van der Waals surface area contributed by atoms with Crippen molar-refractivity contribution in [2.75, 3.05) is 45.2 Å². The van der Waals surface area contributed by atoms with E-state index in [9.17, 15) is 4.79 Å². The zero-order valence-electron chi connectivity index (χ0n) is 17.1. The van der Waals surface area contributed by atoms with E-state index >= 15 is 0 Å². The maximum Gasteiger partial charge on any atom is 0.238 e. The number of benzene rings is 1. The lowest BCUT2D eigenvalue weighted by atomic mass is 10.1. The highest BCUT2D eigenvalue weighted by Crippen LogP contribution is 2.29. The average molecular weight is 383 g/mol. The number of methoxy groups -OCH3 is 1. The fourth-order valence-electron chi connectivity index (χ4n) is 3.62. The summed E-state index contributed by atoms with van der Waals surface area (Å²) in [5.74, 6) is 1.70. The molecule has 2 aromatic rings. The molecule has 150 valence electrons. The summed E-state index contributed by atoms with van der Waals surface area (Å²) in [6.07, 6.45) is 4.36. The Labute approximate surface area is 166 Å². The summed E-state index contributed by atoms with van der Waals surface area (Å²) in [4.78, 5) is 27.7. The van der Waals surface area contributed by atoms with E-state index in [1.807, 2.05) is 53.5 Å². The van der Waals surface area contributed by atoms with Crippen LogP contribution in [-0.2, 0) is 11.2 Å². The van der Waals surface area contributed by atoms with Crippen molar-refractivity contribution < 1.29 is 9.53 Å². The van der Waals surface area contributed by atoms with Crippen LogP contribution < -0.4 is 9.64 Å². The van der Waals surface area contributed by atoms with E-state index in [0.717, 1.165) is 36.8 Å². The van der Waals surface area contributed by atoms with Crippen LogP contribution in [0.2, 0.25) is 0 Å². The van der Waals surface area contributed by atoms with Gasteiger partial charge in [0.15, 0.2) is 0 Å². The first kappa shape index (κ1) is 20.1. The Morgan fingerprint density at radius 1 is 1.14 bits per heavy atom. The van der Waals surface area contributed by atoms with Gasteiger partial charge < -0.3 is 14.5 Å². The SMILES string of the molecule is CCN(CC)c1ncc(C2N(C)CC(=O)N2CCc2ccc(OC)cc2)cn1. The number of ether oxygens (including phenoxy) is 1. The fraction of sp³-hybridized carbons (Fsp3) is 0.476. The molecule has 0 saturated carbocycles. The molecule has 3 rings (SSSR count). The Hall–Kier alpha value is -2.67. The van der Waals surface area contributed by atoms with Gasteiger partial charge in [0.25, 0.3) is 0 Å². The zero-order valence-corrected chi connectivity index (χ0v) is 17.1. The van der Waals surface area contributed by atoms with Crippen molar-refractivity contribution in [2.45, 2.75) is 26.4 Å². The zero-order chi connectivity index (χ0) is 20.1. The Balaban J connectivity index is 1.73. The van der Waals surface area contributed by atoms with E-state index in [-0.39, 0.29) is 12.1 Å². The van der Waals surface area contributed by atoms with Crippen molar-refractivity contribution in [3.63, 3.8) is 0 Å². The summed E-state index contributed by atoms with van der Waals surface area (Å²) in [7, 11) is 3.63. The average Bonchev–Trinajstić information content (AvgIpc) is 3.01. The third-order valence-corrected chi connectivity index (χ3v) is 5.22. The van der Waals surface area contributed by atoms with Crippen molar-refractivity contribution in [3.05, 3.63) is 47.8 Å². The molecule has 1 unspecified atom stereocenters. The molecule has 0 bridgehead atoms. The van der Waals surface area contributed by atoms with Crippen LogP contribution in [0.25, 0.3) is 0 Å². The molecule has 0 N–H and O–H groups in total. The highest BCUT2D eigenvalue weighted by atomic mass is 16.5. The second kappa shape index (κ2) is 9.01. The standard InChI is InChI=1S/C21H29N5O2/c1-5-25(6-2)21-22-13-17(14-23-21)20-24(3)15-19(27)26(20)12-11-16-7-9-18(28-4)10-8-16/h7-10,13-14,20H,5-6,11-12,15H2,1-4H3. The van der Waals surface area contributed by atoms with Gasteiger partial charge in [0.2, 0.25) is 11.9 Å². The minimum Gasteiger partial charge on any atom is -0.497 e. The van der Waals surface area contributed by atoms with Crippen molar-refractivity contribution in [2.24, 2.45) is 0 Å². The summed E-state index contributed by atoms with van der Waals surface area (Å²) in [6.45, 7) is 6.97. The molecule has 0 aliphatic carbocycles. The molecule has 1 aromatic heterocycles. The molecule has 1 aromatic carbocycles. The lowest BCUT2D eigenvalue weighted by Crippen LogP contribution is -2.33. The first-order chi connectivity index (χ1) is 13.6. The largest absolute Gasteiger partial charge is 0.497 e. The molecule has 7 heteroatoms. The third-order valence-electron chi connectivity index (χ3n) is 5.22. The highest BCUT2D eigenvalue weighted by molar-refractivity contribution is 5.80. The molecule has 0 spiro atoms. The number of anilines is 1. The van der Waals surface area contributed by atoms with Gasteiger partial charge in [-0.2, -0.15) is 0 Å². The van der Waals surface area contributed by atoms with Crippen molar-refractivity contribution >= 4 is 11.9 Å². The van der Waals surface area contributed by atoms with Crippen LogP contribution in [0, 0.1) is 0 Å². The van der Waals surface area contributed by atoms with Gasteiger partial charge in [-0.1, -0.05) is 12.1 Å². The van der Waals surface area contributed by atoms with Crippen LogP contribution in [0.15, 0.2) is 36.7 Å². The Morgan fingerprint density at radius 2 is 1.79 bits per heavy atom. The van der Waals surface area contributed by atoms with E-state index in [1.165, 1.54) is 5.56 Å². The Morgan fingerprint density at radius 3 is 2.36 bits per heavy atom. The van der Waals surface area contributed by atoms with Crippen molar-refractivity contribution in [1.82, 2.24) is 19.8 Å². The highest BCUT2D eigenvalue weighted by Gasteiger charge is 2.36. The first-order valence-electron chi connectivity index (χ1n) is 9.76. The quantitative estimate of drug-likeness (QED) is 0.697. The molecule has 7 nitrogen and oxygen atoms in total. The summed E-state index contributed by atoms with van der Waals surface area (Å²) in [5, 5.41) is 0. The van der Waals surface area contributed by atoms with E-state index < -0.39 is 0 Å². The van der Waals surface area contributed by atoms with Crippen LogP contribution in [0.3, 0.4) is 0 Å². The van der Waals surface area contributed by atoms with Gasteiger partial charge in [-0.3, -0.25) is 9.69 Å². The molecule has 1 atom stereocenters. The van der Waals surface area contributed by atoms with Gasteiger partial charge in [0.05, 0.1) is 13.7 Å². The van der Waals surface area contributed by atoms with Crippen LogP contribution in [0.1, 0.15) is 31.1 Å². The summed E-state index contributed by atoms with van der Waals surface area (Å²) in [5.41, 5.74) is 2.12. The van der Waals surface area contributed by atoms with Gasteiger partial charge in [-0.05, 0) is 45.0 Å². The molecule has 28 heavy (non-hydrogen) atoms. The van der Waals surface area contributed by atoms with E-state index in [1.54, 1.807) is 7.11 Å². The minimum atomic E-state index is -0.128. The van der Waals surface area contributed by atoms with E-state index in [0.29, 0.717) is 13.1 Å². The number of hydrogen-bond acceptors (Lipinski definition) is 6. The van der Waals surface area contributed by atoms with Crippen LogP contribution in [0.5, 0.6) is 5.75 Å². The molecule has 1 fully saturated rings. The Kier molecular flexibility index (Phi) is 6.46. The molecule has 1 aliphatic heterocycles. The van der Waals surface area contributed by atoms with Crippen LogP contribution in [0.4, 0.5) is 5.95 Å². The number of carbonyl (C=O) groups is 1. The molecule has 2 heterocycles. The third kappa shape index (κ3) is 4.25. The van der Waals surface area contributed by atoms with E-state index in [4.69, 9.17) is 4.74 Å². The molecule has 1 aliphatic rings. The second-order valence-electron chi connectivity index (χ2n) is 6.96. The lowest BCUT2D eigenvalue weighted by Gasteiger charge is -2.28. The Bertz CT molecular complexity index is 774. The fourth-order valence-corrected chi connectivity index (χ4v) is 3.62. The number of carbonyl (C=O) groups excluding carboxylic acids is 1. The number of aromatic nitrogens is 2. The van der Waals surface area contributed by atoms with Gasteiger partial charge in [-0.15, -0.1) is 0 Å². The van der Waals surface area contributed by atoms with Crippen molar-refractivity contribution in [1.29, 1.82) is 0 Å². The molecular weight excluding hydrogens is 354 g/mol. The van der Waals surface area contributed by atoms with Crippen molar-refractivity contribution in [3.8, 4) is 5.75 Å². The number of likely N-dealkylation sites (N-methyl/N-ethyl adjacent to an activating group) is 1. The molecule has 1 amide bonds. The van der Waals surface area contributed by atoms with Gasteiger partial charge in [-0.25, -0.2) is 9.97 Å². The second-order valence-corrected chi connectivity index (χ2v) is 6.96. The maximum absolute atomic E-state index is 12.6. The smallest absolute Gasteiger partial charge is 0.238 e. The minimum absolute atomic E-state index is 0.128. The van der Waals surface area contributed by atoms with Crippen LogP contribution >= 0.6 is 0 Å². The monoisotopic (exact) mass is 383 g/mol. The summed E-state index contributed by atoms with van der Waals surface area (Å²) < 4.78 is 5.21. The normalized spacial score (nSPS) is 17.2. The van der Waals surface area contributed by atoms with E-state index in [2.05, 4.69) is 28.7 Å². The number of hydrogen-bond donors (Lipinski definition) is 0. The first-order valence-corrected chi connectivity index (χ1v) is 9.76. The molecule has 0 radical (unpaired) electrons. The predicted octanol–water partition coefficient (Wildman–Crippen LogP) is 2.35.